The molecule has 23 heavy (non-hydrogen) atoms. The molecular formula is C18H20N4O. The van der Waals surface area contributed by atoms with E-state index in [1.54, 1.807) is 6.33 Å². The number of nitrogens with zero attached hydrogens (tertiary/aromatic N) is 4. The van der Waals surface area contributed by atoms with Crippen LogP contribution in [0.15, 0.2) is 16.8 Å². The Labute approximate surface area is 134 Å². The average molecular weight is 308 g/mol. The van der Waals surface area contributed by atoms with Crippen molar-refractivity contribution in [3.8, 4) is 0 Å². The van der Waals surface area contributed by atoms with Crippen molar-refractivity contribution in [3.63, 3.8) is 0 Å². The van der Waals surface area contributed by atoms with E-state index in [0.29, 0.717) is 0 Å². The monoisotopic (exact) mass is 308 g/mol. The number of hydrogen-bond donors (Lipinski definition) is 0. The van der Waals surface area contributed by atoms with Crippen LogP contribution in [0, 0.1) is 0 Å². The summed E-state index contributed by atoms with van der Waals surface area (Å²) in [5, 5.41) is 1.04. The zero-order valence-corrected chi connectivity index (χ0v) is 13.2. The highest BCUT2D eigenvalue weighted by Gasteiger charge is 2.22. The van der Waals surface area contributed by atoms with E-state index in [1.165, 1.54) is 43.4 Å². The van der Waals surface area contributed by atoms with E-state index in [2.05, 4.69) is 20.9 Å². The van der Waals surface area contributed by atoms with E-state index < -0.39 is 0 Å². The molecule has 0 spiro atoms. The molecule has 0 saturated carbocycles. The Morgan fingerprint density at radius 2 is 1.83 bits per heavy atom. The minimum Gasteiger partial charge on any atom is -0.432 e. The van der Waals surface area contributed by atoms with Crippen LogP contribution in [0.25, 0.3) is 22.2 Å². The van der Waals surface area contributed by atoms with E-state index in [4.69, 9.17) is 9.40 Å². The van der Waals surface area contributed by atoms with Crippen LogP contribution in [0.2, 0.25) is 0 Å². The number of hydrogen-bond acceptors (Lipinski definition) is 5. The molecule has 3 aromatic rings. The van der Waals surface area contributed by atoms with Crippen LogP contribution in [0.3, 0.4) is 0 Å². The van der Waals surface area contributed by atoms with Gasteiger partial charge in [0, 0.05) is 18.8 Å². The Balaban J connectivity index is 1.72. The first kappa shape index (κ1) is 13.3. The van der Waals surface area contributed by atoms with Crippen molar-refractivity contribution in [2.24, 2.45) is 0 Å². The van der Waals surface area contributed by atoms with E-state index in [1.807, 2.05) is 0 Å². The third-order valence-electron chi connectivity index (χ3n) is 5.16. The lowest BCUT2D eigenvalue weighted by Gasteiger charge is -2.27. The zero-order valence-electron chi connectivity index (χ0n) is 13.2. The Morgan fingerprint density at radius 3 is 2.74 bits per heavy atom. The lowest BCUT2D eigenvalue weighted by molar-refractivity contribution is 0.567. The van der Waals surface area contributed by atoms with Crippen molar-refractivity contribution in [1.29, 1.82) is 0 Å². The molecule has 5 nitrogen and oxygen atoms in total. The van der Waals surface area contributed by atoms with Gasteiger partial charge in [0.2, 0.25) is 5.71 Å². The van der Waals surface area contributed by atoms with Gasteiger partial charge in [-0.3, -0.25) is 0 Å². The van der Waals surface area contributed by atoms with Crippen molar-refractivity contribution < 1.29 is 4.42 Å². The molecule has 1 aliphatic carbocycles. The van der Waals surface area contributed by atoms with Crippen molar-refractivity contribution in [2.75, 3.05) is 18.0 Å². The van der Waals surface area contributed by atoms with Gasteiger partial charge in [-0.2, -0.15) is 0 Å². The Hall–Kier alpha value is -2.17. The first-order valence-corrected chi connectivity index (χ1v) is 8.71. The second kappa shape index (κ2) is 5.18. The molecular weight excluding hydrogens is 288 g/mol. The number of anilines is 1. The number of rotatable bonds is 1. The molecule has 0 amide bonds. The first-order chi connectivity index (χ1) is 11.4. The molecule has 5 heteroatoms. The summed E-state index contributed by atoms with van der Waals surface area (Å²) < 4.78 is 6.13. The molecule has 2 aliphatic rings. The topological polar surface area (TPSA) is 55.1 Å². The van der Waals surface area contributed by atoms with Crippen molar-refractivity contribution >= 4 is 28.0 Å². The standard InChI is InChI=1S/C18H20N4O/c1-4-8-22(9-5-1)17-16-15(19-11-20-17)13-10-12-6-2-3-7-14(12)21-18(13)23-16/h10-11H,1-9H2. The van der Waals surface area contributed by atoms with Gasteiger partial charge in [-0.05, 0) is 56.6 Å². The smallest absolute Gasteiger partial charge is 0.229 e. The molecule has 0 bridgehead atoms. The van der Waals surface area contributed by atoms with Crippen LogP contribution in [-0.4, -0.2) is 28.0 Å². The van der Waals surface area contributed by atoms with Crippen LogP contribution in [0.5, 0.6) is 0 Å². The average Bonchev–Trinajstić information content (AvgIpc) is 2.98. The summed E-state index contributed by atoms with van der Waals surface area (Å²) in [7, 11) is 0. The number of pyridine rings is 1. The highest BCUT2D eigenvalue weighted by molar-refractivity contribution is 6.04. The summed E-state index contributed by atoms with van der Waals surface area (Å²) in [6.45, 7) is 2.10. The minimum absolute atomic E-state index is 0.722. The predicted octanol–water partition coefficient (Wildman–Crippen LogP) is 3.64. The molecule has 0 unspecified atom stereocenters. The van der Waals surface area contributed by atoms with Crippen molar-refractivity contribution in [3.05, 3.63) is 23.7 Å². The highest BCUT2D eigenvalue weighted by atomic mass is 16.3. The highest BCUT2D eigenvalue weighted by Crippen LogP contribution is 2.34. The van der Waals surface area contributed by atoms with Crippen LogP contribution in [-0.2, 0) is 12.8 Å². The Morgan fingerprint density at radius 1 is 0.957 bits per heavy atom. The first-order valence-electron chi connectivity index (χ1n) is 8.71. The number of aromatic nitrogens is 3. The van der Waals surface area contributed by atoms with Gasteiger partial charge >= 0.3 is 0 Å². The minimum atomic E-state index is 0.722. The summed E-state index contributed by atoms with van der Waals surface area (Å²) in [6, 6.07) is 2.25. The van der Waals surface area contributed by atoms with E-state index in [0.717, 1.165) is 53.9 Å². The van der Waals surface area contributed by atoms with Gasteiger partial charge in [0.05, 0.1) is 5.39 Å². The van der Waals surface area contributed by atoms with Crippen LogP contribution in [0.4, 0.5) is 5.82 Å². The van der Waals surface area contributed by atoms with E-state index in [9.17, 15) is 0 Å². The molecule has 1 fully saturated rings. The Kier molecular flexibility index (Phi) is 2.99. The molecule has 5 rings (SSSR count). The largest absolute Gasteiger partial charge is 0.432 e. The summed E-state index contributed by atoms with van der Waals surface area (Å²) >= 11 is 0. The normalized spacial score (nSPS) is 18.5. The van der Waals surface area contributed by atoms with Gasteiger partial charge < -0.3 is 9.32 Å². The maximum atomic E-state index is 6.13. The van der Waals surface area contributed by atoms with Crippen molar-refractivity contribution in [2.45, 2.75) is 44.9 Å². The summed E-state index contributed by atoms with van der Waals surface area (Å²) in [5.41, 5.74) is 5.01. The fraction of sp³-hybridized carbons (Fsp3) is 0.500. The molecule has 0 aromatic carbocycles. The van der Waals surface area contributed by atoms with Gasteiger partial charge in [-0.25, -0.2) is 15.0 Å². The second-order valence-electron chi connectivity index (χ2n) is 6.68. The molecule has 3 aromatic heterocycles. The third kappa shape index (κ3) is 2.10. The molecule has 0 radical (unpaired) electrons. The SMILES string of the molecule is c1nc(N2CCCCC2)c2oc3nc4c(cc3c2n1)CCCC4. The summed E-state index contributed by atoms with van der Waals surface area (Å²) in [5.74, 6) is 0.936. The van der Waals surface area contributed by atoms with Crippen LogP contribution >= 0.6 is 0 Å². The van der Waals surface area contributed by atoms with Gasteiger partial charge in [-0.15, -0.1) is 0 Å². The number of aryl methyl sites for hydroxylation is 2. The molecule has 0 N–H and O–H groups in total. The second-order valence-corrected chi connectivity index (χ2v) is 6.68. The molecule has 1 aliphatic heterocycles. The number of fused-ring (bicyclic) bond motifs is 4. The van der Waals surface area contributed by atoms with Crippen LogP contribution < -0.4 is 4.90 Å². The predicted molar refractivity (Wildman–Crippen MR) is 89.8 cm³/mol. The number of furan rings is 1. The molecule has 118 valence electrons. The number of piperidine rings is 1. The van der Waals surface area contributed by atoms with Crippen molar-refractivity contribution in [1.82, 2.24) is 15.0 Å². The van der Waals surface area contributed by atoms with Gasteiger partial charge in [0.15, 0.2) is 11.4 Å². The van der Waals surface area contributed by atoms with E-state index in [-0.39, 0.29) is 0 Å². The Bertz CT molecular complexity index is 879. The maximum Gasteiger partial charge on any atom is 0.229 e. The van der Waals surface area contributed by atoms with E-state index >= 15 is 0 Å². The lowest BCUT2D eigenvalue weighted by Crippen LogP contribution is -2.30. The summed E-state index contributed by atoms with van der Waals surface area (Å²) in [6.07, 6.45) is 10.1. The maximum absolute atomic E-state index is 6.13. The zero-order chi connectivity index (χ0) is 15.2. The van der Waals surface area contributed by atoms with Crippen LogP contribution in [0.1, 0.15) is 43.4 Å². The molecule has 1 saturated heterocycles. The summed E-state index contributed by atoms with van der Waals surface area (Å²) in [4.78, 5) is 16.1. The molecule has 4 heterocycles. The van der Waals surface area contributed by atoms with Gasteiger partial charge in [0.1, 0.15) is 11.8 Å². The quantitative estimate of drug-likeness (QED) is 0.687. The lowest BCUT2D eigenvalue weighted by atomic mass is 9.95. The molecule has 0 atom stereocenters. The third-order valence-corrected chi connectivity index (χ3v) is 5.16. The fourth-order valence-electron chi connectivity index (χ4n) is 3.94. The van der Waals surface area contributed by atoms with Gasteiger partial charge in [0.25, 0.3) is 0 Å². The fourth-order valence-corrected chi connectivity index (χ4v) is 3.94. The van der Waals surface area contributed by atoms with Gasteiger partial charge in [-0.1, -0.05) is 0 Å².